The van der Waals surface area contributed by atoms with E-state index in [1.807, 2.05) is 0 Å². The number of fused-ring (bicyclic) bond motifs is 1. The van der Waals surface area contributed by atoms with Crippen molar-refractivity contribution in [2.75, 3.05) is 33.5 Å². The van der Waals surface area contributed by atoms with Gasteiger partial charge < -0.3 is 94.1 Å². The molecule has 3 aliphatic rings. The molecule has 0 aliphatic carbocycles. The first-order valence-corrected chi connectivity index (χ1v) is 17.7. The molecule has 20 nitrogen and oxygen atoms in total. The zero-order valence-corrected chi connectivity index (χ0v) is 30.2. The van der Waals surface area contributed by atoms with Crippen molar-refractivity contribution in [3.8, 4) is 40.2 Å². The summed E-state index contributed by atoms with van der Waals surface area (Å²) >= 11 is 0. The normalized spacial score (nSPS) is 31.3. The number of hydrogen-bond acceptors (Lipinski definition) is 20. The standard InChI is InChI=1S/C37H44O20/c1-50-21-8-15(2-4-18(21)41)14-53-20-5-3-16(34-30(46)28(44)26-19(42)10-17(40)11-23(26)54-34)9-22(20)51-6-7-52-36-33(49)31(47)35(25(13-39)56-36)57-37-32(48)29(45)27(43)24(12-38)55-37/h2-5,8-11,24-25,27,29-43,45-49H,6-7,12-14H2,1H3/t24-,25-,27-,29+,30?,31-,32-,33-,34?,35-,36-,37-/m1/s1. The summed E-state index contributed by atoms with van der Waals surface area (Å²) < 4.78 is 45.2. The van der Waals surface area contributed by atoms with Crippen LogP contribution < -0.4 is 18.9 Å². The van der Waals surface area contributed by atoms with Crippen LogP contribution in [0.3, 0.4) is 0 Å². The third kappa shape index (κ3) is 8.82. The van der Waals surface area contributed by atoms with Crippen LogP contribution in [-0.2, 0) is 25.6 Å². The summed E-state index contributed by atoms with van der Waals surface area (Å²) in [6.07, 6.45) is -19.5. The van der Waals surface area contributed by atoms with E-state index in [2.05, 4.69) is 0 Å². The molecule has 312 valence electrons. The van der Waals surface area contributed by atoms with E-state index in [9.17, 15) is 61.0 Å². The predicted molar refractivity (Wildman–Crippen MR) is 187 cm³/mol. The van der Waals surface area contributed by atoms with Crippen molar-refractivity contribution in [3.05, 3.63) is 65.2 Å². The van der Waals surface area contributed by atoms with Gasteiger partial charge in [0.1, 0.15) is 84.9 Å². The zero-order valence-electron chi connectivity index (χ0n) is 30.2. The van der Waals surface area contributed by atoms with E-state index in [4.69, 9.17) is 37.9 Å². The summed E-state index contributed by atoms with van der Waals surface area (Å²) in [6, 6.07) is 11.0. The molecule has 12 atom stereocenters. The van der Waals surface area contributed by atoms with E-state index in [1.165, 1.54) is 31.4 Å². The van der Waals surface area contributed by atoms with Crippen molar-refractivity contribution in [3.63, 3.8) is 0 Å². The smallest absolute Gasteiger partial charge is 0.202 e. The summed E-state index contributed by atoms with van der Waals surface area (Å²) in [6.45, 7) is -2.13. The predicted octanol–water partition coefficient (Wildman–Crippen LogP) is -1.91. The third-order valence-electron chi connectivity index (χ3n) is 9.64. The number of benzene rings is 3. The maximum Gasteiger partial charge on any atom is 0.202 e. The Labute approximate surface area is 323 Å². The molecule has 3 heterocycles. The van der Waals surface area contributed by atoms with Crippen LogP contribution in [0.5, 0.6) is 40.2 Å². The Morgan fingerprint density at radius 2 is 1.40 bits per heavy atom. The number of ether oxygens (including phenoxy) is 8. The first-order valence-electron chi connectivity index (χ1n) is 17.7. The van der Waals surface area contributed by atoms with Gasteiger partial charge in [0.2, 0.25) is 5.78 Å². The summed E-state index contributed by atoms with van der Waals surface area (Å²) in [7, 11) is 1.39. The molecule has 0 saturated carbocycles. The lowest BCUT2D eigenvalue weighted by Crippen LogP contribution is -2.64. The van der Waals surface area contributed by atoms with Crippen LogP contribution in [0, 0.1) is 0 Å². The summed E-state index contributed by atoms with van der Waals surface area (Å²) in [4.78, 5) is 13.1. The molecule has 0 amide bonds. The maximum absolute atomic E-state index is 13.1. The monoisotopic (exact) mass is 808 g/mol. The van der Waals surface area contributed by atoms with E-state index in [1.54, 1.807) is 12.1 Å². The van der Waals surface area contributed by atoms with Crippen LogP contribution in [0.2, 0.25) is 0 Å². The molecule has 3 aromatic carbocycles. The molecule has 3 aliphatic heterocycles. The van der Waals surface area contributed by atoms with Gasteiger partial charge in [0.25, 0.3) is 0 Å². The summed E-state index contributed by atoms with van der Waals surface area (Å²) in [5.74, 6) is -1.63. The lowest BCUT2D eigenvalue weighted by molar-refractivity contribution is -0.359. The SMILES string of the molecule is COc1cc(COc2ccc(C3Oc4cc(O)cc(O)c4C(=O)C3O)cc2OCCO[C@@H]2O[C@H](CO)[C@@H](O[C@H]3O[C@H](CO)[C@@H](O)[C@H](O)[C@H]3O)[C@H](O)[C@H]2O)ccc1O. The molecule has 2 unspecified atom stereocenters. The zero-order chi connectivity index (χ0) is 41.1. The Bertz CT molecular complexity index is 1850. The Kier molecular flexibility index (Phi) is 13.2. The molecule has 2 fully saturated rings. The van der Waals surface area contributed by atoms with Crippen LogP contribution in [0.4, 0.5) is 0 Å². The highest BCUT2D eigenvalue weighted by Gasteiger charge is 2.51. The van der Waals surface area contributed by atoms with Gasteiger partial charge in [-0.25, -0.2) is 0 Å². The molecule has 0 radical (unpaired) electrons. The number of ketones is 1. The fraction of sp³-hybridized carbons (Fsp3) is 0.486. The van der Waals surface area contributed by atoms with Crippen LogP contribution >= 0.6 is 0 Å². The van der Waals surface area contributed by atoms with Crippen molar-refractivity contribution >= 4 is 5.78 Å². The topological polar surface area (TPSA) is 313 Å². The molecule has 6 rings (SSSR count). The number of Topliss-reactive ketones (excluding diaryl/α,β-unsaturated/α-hetero) is 1. The first-order chi connectivity index (χ1) is 27.3. The van der Waals surface area contributed by atoms with Crippen LogP contribution in [0.1, 0.15) is 27.6 Å². The molecule has 11 N–H and O–H groups in total. The Morgan fingerprint density at radius 1 is 0.684 bits per heavy atom. The van der Waals surface area contributed by atoms with Gasteiger partial charge in [-0.05, 0) is 35.4 Å². The van der Waals surface area contributed by atoms with Gasteiger partial charge in [0, 0.05) is 12.1 Å². The number of phenolic OH excluding ortho intramolecular Hbond substituents is 3. The van der Waals surface area contributed by atoms with Crippen molar-refractivity contribution in [1.82, 2.24) is 0 Å². The highest BCUT2D eigenvalue weighted by atomic mass is 16.7. The Balaban J connectivity index is 1.15. The van der Waals surface area contributed by atoms with Gasteiger partial charge in [-0.15, -0.1) is 0 Å². The molecule has 0 spiro atoms. The average molecular weight is 809 g/mol. The molecular formula is C37H44O20. The lowest BCUT2D eigenvalue weighted by Gasteiger charge is -2.45. The fourth-order valence-electron chi connectivity index (χ4n) is 6.58. The number of rotatable bonds is 14. The van der Waals surface area contributed by atoms with Crippen molar-refractivity contribution in [1.29, 1.82) is 0 Å². The van der Waals surface area contributed by atoms with E-state index in [0.29, 0.717) is 5.56 Å². The lowest BCUT2D eigenvalue weighted by atomic mass is 9.92. The third-order valence-corrected chi connectivity index (χ3v) is 9.64. The molecule has 57 heavy (non-hydrogen) atoms. The quantitative estimate of drug-likeness (QED) is 0.0792. The van der Waals surface area contributed by atoms with Crippen LogP contribution in [-0.4, -0.2) is 163 Å². The Morgan fingerprint density at radius 3 is 2.12 bits per heavy atom. The van der Waals surface area contributed by atoms with Crippen LogP contribution in [0.25, 0.3) is 0 Å². The van der Waals surface area contributed by atoms with Gasteiger partial charge in [-0.2, -0.15) is 0 Å². The summed E-state index contributed by atoms with van der Waals surface area (Å²) in [5, 5.41) is 113. The van der Waals surface area contributed by atoms with Crippen molar-refractivity contribution in [2.24, 2.45) is 0 Å². The van der Waals surface area contributed by atoms with Crippen molar-refractivity contribution < 1.29 is 98.9 Å². The number of aromatic hydroxyl groups is 3. The van der Waals surface area contributed by atoms with Gasteiger partial charge >= 0.3 is 0 Å². The van der Waals surface area contributed by atoms with E-state index < -0.39 is 98.4 Å². The van der Waals surface area contributed by atoms with Gasteiger partial charge in [0.15, 0.2) is 47.8 Å². The van der Waals surface area contributed by atoms with Gasteiger partial charge in [0.05, 0.1) is 26.9 Å². The second-order valence-corrected chi connectivity index (χ2v) is 13.4. The molecule has 2 saturated heterocycles. The highest BCUT2D eigenvalue weighted by Crippen LogP contribution is 2.43. The molecule has 0 aromatic heterocycles. The van der Waals surface area contributed by atoms with E-state index in [-0.39, 0.29) is 65.4 Å². The van der Waals surface area contributed by atoms with E-state index >= 15 is 0 Å². The number of aliphatic hydroxyl groups is 8. The largest absolute Gasteiger partial charge is 0.508 e. The highest BCUT2D eigenvalue weighted by molar-refractivity contribution is 6.05. The van der Waals surface area contributed by atoms with Gasteiger partial charge in [-0.3, -0.25) is 4.79 Å². The number of carbonyl (C=O) groups is 1. The number of carbonyl (C=O) groups excluding carboxylic acids is 1. The minimum absolute atomic E-state index is 0.0370. The fourth-order valence-corrected chi connectivity index (χ4v) is 6.58. The first kappa shape index (κ1) is 42.1. The van der Waals surface area contributed by atoms with Crippen LogP contribution in [0.15, 0.2) is 48.5 Å². The minimum Gasteiger partial charge on any atom is -0.508 e. The number of aliphatic hydroxyl groups excluding tert-OH is 8. The minimum atomic E-state index is -1.83. The van der Waals surface area contributed by atoms with Crippen molar-refractivity contribution in [2.45, 2.75) is 80.2 Å². The molecule has 3 aromatic rings. The number of methoxy groups -OCH3 is 1. The van der Waals surface area contributed by atoms with Gasteiger partial charge in [-0.1, -0.05) is 12.1 Å². The number of hydrogen-bond donors (Lipinski definition) is 11. The maximum atomic E-state index is 13.1. The molecule has 0 bridgehead atoms. The Hall–Kier alpha value is -4.55. The summed E-state index contributed by atoms with van der Waals surface area (Å²) in [5.41, 5.74) is 0.524. The second-order valence-electron chi connectivity index (χ2n) is 13.4. The second kappa shape index (κ2) is 17.9. The number of phenols is 3. The van der Waals surface area contributed by atoms with E-state index in [0.717, 1.165) is 12.1 Å². The average Bonchev–Trinajstić information content (AvgIpc) is 3.19. The molecular weight excluding hydrogens is 764 g/mol. The molecule has 20 heteroatoms.